The van der Waals surface area contributed by atoms with E-state index in [0.29, 0.717) is 0 Å². The van der Waals surface area contributed by atoms with Crippen LogP contribution in [0, 0.1) is 0 Å². The standard InChI is InChI=1S/C6H14O6S2/c1-5(11-13(3,7)8)6(2)12-14(4,9)10/h5-6H,1-4H3/t5-,6-/m1/s1. The highest BCUT2D eigenvalue weighted by Gasteiger charge is 2.21. The van der Waals surface area contributed by atoms with Crippen molar-refractivity contribution in [1.29, 1.82) is 0 Å². The van der Waals surface area contributed by atoms with Gasteiger partial charge < -0.3 is 0 Å². The maximum absolute atomic E-state index is 10.7. The molecule has 0 aliphatic heterocycles. The molecule has 0 bridgehead atoms. The molecule has 0 aromatic rings. The van der Waals surface area contributed by atoms with E-state index in [1.807, 2.05) is 0 Å². The highest BCUT2D eigenvalue weighted by atomic mass is 32.2. The fraction of sp³-hybridized carbons (Fsp3) is 1.00. The zero-order valence-electron chi connectivity index (χ0n) is 8.42. The van der Waals surface area contributed by atoms with Gasteiger partial charge in [-0.25, -0.2) is 0 Å². The molecule has 0 aromatic heterocycles. The normalized spacial score (nSPS) is 17.7. The minimum Gasteiger partial charge on any atom is -0.264 e. The van der Waals surface area contributed by atoms with Crippen molar-refractivity contribution in [2.75, 3.05) is 12.5 Å². The molecule has 14 heavy (non-hydrogen) atoms. The summed E-state index contributed by atoms with van der Waals surface area (Å²) in [5.41, 5.74) is 0. The third kappa shape index (κ3) is 7.25. The predicted molar refractivity (Wildman–Crippen MR) is 50.8 cm³/mol. The van der Waals surface area contributed by atoms with Gasteiger partial charge in [0.1, 0.15) is 12.2 Å². The molecular formula is C6H14O6S2. The summed E-state index contributed by atoms with van der Waals surface area (Å²) < 4.78 is 51.8. The first-order valence-corrected chi connectivity index (χ1v) is 7.41. The summed E-state index contributed by atoms with van der Waals surface area (Å²) in [4.78, 5) is 0. The van der Waals surface area contributed by atoms with Gasteiger partial charge in [-0.3, -0.25) is 8.37 Å². The summed E-state index contributed by atoms with van der Waals surface area (Å²) in [6.45, 7) is 2.83. The molecule has 0 aromatic carbocycles. The summed E-state index contributed by atoms with van der Waals surface area (Å²) in [5.74, 6) is 0. The smallest absolute Gasteiger partial charge is 0.264 e. The summed E-state index contributed by atoms with van der Waals surface area (Å²) in [6, 6.07) is 0. The molecule has 2 atom stereocenters. The molecule has 0 amide bonds. The largest absolute Gasteiger partial charge is 0.264 e. The van der Waals surface area contributed by atoms with E-state index < -0.39 is 32.4 Å². The lowest BCUT2D eigenvalue weighted by Gasteiger charge is -2.17. The third-order valence-corrected chi connectivity index (χ3v) is 2.62. The first kappa shape index (κ1) is 13.8. The van der Waals surface area contributed by atoms with Gasteiger partial charge in [0.2, 0.25) is 0 Å². The summed E-state index contributed by atoms with van der Waals surface area (Å²) >= 11 is 0. The topological polar surface area (TPSA) is 86.7 Å². The second-order valence-corrected chi connectivity index (χ2v) is 6.21. The average Bonchev–Trinajstić information content (AvgIpc) is 1.78. The van der Waals surface area contributed by atoms with Crippen LogP contribution in [-0.2, 0) is 28.6 Å². The van der Waals surface area contributed by atoms with E-state index in [1.54, 1.807) is 0 Å². The molecule has 8 heteroatoms. The summed E-state index contributed by atoms with van der Waals surface area (Å²) in [5, 5.41) is 0. The van der Waals surface area contributed by atoms with E-state index >= 15 is 0 Å². The molecule has 0 spiro atoms. The Morgan fingerprint density at radius 3 is 1.14 bits per heavy atom. The van der Waals surface area contributed by atoms with Crippen LogP contribution in [0.1, 0.15) is 13.8 Å². The molecule has 0 saturated heterocycles. The lowest BCUT2D eigenvalue weighted by Crippen LogP contribution is -2.30. The number of hydrogen-bond acceptors (Lipinski definition) is 6. The zero-order valence-corrected chi connectivity index (χ0v) is 10.1. The van der Waals surface area contributed by atoms with Crippen LogP contribution in [0.2, 0.25) is 0 Å². The van der Waals surface area contributed by atoms with E-state index in [2.05, 4.69) is 8.37 Å². The molecular weight excluding hydrogens is 232 g/mol. The molecule has 0 rings (SSSR count). The Kier molecular flexibility index (Phi) is 4.50. The van der Waals surface area contributed by atoms with Gasteiger partial charge in [-0.1, -0.05) is 0 Å². The van der Waals surface area contributed by atoms with Crippen molar-refractivity contribution in [2.24, 2.45) is 0 Å². The Labute approximate surface area is 84.5 Å². The fourth-order valence-corrected chi connectivity index (χ4v) is 2.12. The van der Waals surface area contributed by atoms with Crippen LogP contribution in [0.5, 0.6) is 0 Å². The minimum atomic E-state index is -3.60. The van der Waals surface area contributed by atoms with E-state index in [9.17, 15) is 16.8 Å². The molecule has 0 fully saturated rings. The van der Waals surface area contributed by atoms with Gasteiger partial charge in [-0.15, -0.1) is 0 Å². The first-order chi connectivity index (χ1) is 6.01. The van der Waals surface area contributed by atoms with E-state index in [-0.39, 0.29) is 0 Å². The molecule has 0 unspecified atom stereocenters. The van der Waals surface area contributed by atoms with E-state index in [4.69, 9.17) is 0 Å². The quantitative estimate of drug-likeness (QED) is 0.620. The Morgan fingerprint density at radius 1 is 0.786 bits per heavy atom. The molecule has 0 saturated carbocycles. The molecule has 0 aliphatic carbocycles. The highest BCUT2D eigenvalue weighted by molar-refractivity contribution is 7.86. The van der Waals surface area contributed by atoms with Crippen molar-refractivity contribution >= 4 is 20.2 Å². The second kappa shape index (κ2) is 4.56. The van der Waals surface area contributed by atoms with Crippen LogP contribution >= 0.6 is 0 Å². The van der Waals surface area contributed by atoms with Crippen LogP contribution in [0.15, 0.2) is 0 Å². The maximum Gasteiger partial charge on any atom is 0.264 e. The van der Waals surface area contributed by atoms with Crippen molar-refractivity contribution in [3.05, 3.63) is 0 Å². The van der Waals surface area contributed by atoms with Gasteiger partial charge in [0.05, 0.1) is 12.5 Å². The predicted octanol–water partition coefficient (Wildman–Crippen LogP) is -0.284. The van der Waals surface area contributed by atoms with Crippen LogP contribution in [-0.4, -0.2) is 41.6 Å². The maximum atomic E-state index is 10.7. The van der Waals surface area contributed by atoms with Crippen LogP contribution in [0.4, 0.5) is 0 Å². The van der Waals surface area contributed by atoms with Crippen molar-refractivity contribution in [1.82, 2.24) is 0 Å². The Bertz CT molecular complexity index is 329. The third-order valence-electron chi connectivity index (χ3n) is 1.31. The lowest BCUT2D eigenvalue weighted by molar-refractivity contribution is 0.0887. The SMILES string of the molecule is C[C@@H](OS(C)(=O)=O)[C@@H](C)OS(C)(=O)=O. The van der Waals surface area contributed by atoms with Gasteiger partial charge in [0.25, 0.3) is 20.2 Å². The Morgan fingerprint density at radius 2 is 1.00 bits per heavy atom. The van der Waals surface area contributed by atoms with Gasteiger partial charge in [0, 0.05) is 0 Å². The van der Waals surface area contributed by atoms with E-state index in [0.717, 1.165) is 12.5 Å². The average molecular weight is 246 g/mol. The number of hydrogen-bond donors (Lipinski definition) is 0. The lowest BCUT2D eigenvalue weighted by atomic mass is 10.3. The van der Waals surface area contributed by atoms with Gasteiger partial charge in [-0.2, -0.15) is 16.8 Å². The zero-order chi connectivity index (χ0) is 11.6. The van der Waals surface area contributed by atoms with Crippen molar-refractivity contribution < 1.29 is 25.2 Å². The molecule has 0 N–H and O–H groups in total. The van der Waals surface area contributed by atoms with Crippen LogP contribution in [0.3, 0.4) is 0 Å². The molecule has 0 aliphatic rings. The van der Waals surface area contributed by atoms with Crippen LogP contribution < -0.4 is 0 Å². The van der Waals surface area contributed by atoms with Gasteiger partial charge in [-0.05, 0) is 13.8 Å². The molecule has 86 valence electrons. The Balaban J connectivity index is 4.35. The monoisotopic (exact) mass is 246 g/mol. The van der Waals surface area contributed by atoms with Gasteiger partial charge >= 0.3 is 0 Å². The van der Waals surface area contributed by atoms with Crippen LogP contribution in [0.25, 0.3) is 0 Å². The molecule has 0 heterocycles. The van der Waals surface area contributed by atoms with Crippen molar-refractivity contribution in [3.63, 3.8) is 0 Å². The highest BCUT2D eigenvalue weighted by Crippen LogP contribution is 2.08. The fourth-order valence-electron chi connectivity index (χ4n) is 0.708. The second-order valence-electron chi connectivity index (χ2n) is 3.01. The molecule has 0 radical (unpaired) electrons. The first-order valence-electron chi connectivity index (χ1n) is 3.78. The summed E-state index contributed by atoms with van der Waals surface area (Å²) in [6.07, 6.45) is 0.0762. The van der Waals surface area contributed by atoms with E-state index in [1.165, 1.54) is 13.8 Å². The minimum absolute atomic E-state index is 0.847. The van der Waals surface area contributed by atoms with Gasteiger partial charge in [0.15, 0.2) is 0 Å². The molecule has 6 nitrogen and oxygen atoms in total. The number of rotatable bonds is 5. The summed E-state index contributed by atoms with van der Waals surface area (Å²) in [7, 11) is -7.20. The van der Waals surface area contributed by atoms with Crippen molar-refractivity contribution in [2.45, 2.75) is 26.1 Å². The Hall–Kier alpha value is -0.180. The van der Waals surface area contributed by atoms with Crippen molar-refractivity contribution in [3.8, 4) is 0 Å².